The van der Waals surface area contributed by atoms with Gasteiger partial charge < -0.3 is 16.0 Å². The summed E-state index contributed by atoms with van der Waals surface area (Å²) in [6.07, 6.45) is 1.71. The second-order valence-electron chi connectivity index (χ2n) is 7.99. The summed E-state index contributed by atoms with van der Waals surface area (Å²) in [6, 6.07) is 4.08. The summed E-state index contributed by atoms with van der Waals surface area (Å²) in [4.78, 5) is 27.2. The monoisotopic (exact) mass is 477 g/mol. The molecule has 0 bridgehead atoms. The van der Waals surface area contributed by atoms with Crippen molar-refractivity contribution in [1.29, 1.82) is 0 Å². The first-order chi connectivity index (χ1) is 14.7. The number of hydrogen-bond donors (Lipinski definition) is 3. The number of allylic oxidation sites excluding steroid dienone is 4. The summed E-state index contributed by atoms with van der Waals surface area (Å²) < 4.78 is 26.8. The predicted molar refractivity (Wildman–Crippen MR) is 128 cm³/mol. The van der Waals surface area contributed by atoms with E-state index < -0.39 is 33.6 Å². The van der Waals surface area contributed by atoms with Gasteiger partial charge in [-0.3, -0.25) is 9.59 Å². The maximum atomic E-state index is 13.4. The maximum Gasteiger partial charge on any atom is 0.269 e. The molecule has 2 atom stereocenters. The van der Waals surface area contributed by atoms with Gasteiger partial charge in [-0.2, -0.15) is 0 Å². The number of nitrogens with two attached hydrogens (primary N) is 1. The number of aromatic amines is 1. The first kappa shape index (κ1) is 25.4. The van der Waals surface area contributed by atoms with Crippen LogP contribution in [0.4, 0.5) is 0 Å². The summed E-state index contributed by atoms with van der Waals surface area (Å²) in [5, 5.41) is 4.38. The van der Waals surface area contributed by atoms with Crippen LogP contribution in [0.15, 0.2) is 57.9 Å². The molecule has 0 aliphatic carbocycles. The van der Waals surface area contributed by atoms with Crippen LogP contribution in [-0.4, -0.2) is 31.3 Å². The van der Waals surface area contributed by atoms with E-state index in [1.54, 1.807) is 39.0 Å². The molecule has 0 aliphatic heterocycles. The van der Waals surface area contributed by atoms with Gasteiger partial charge in [-0.1, -0.05) is 36.8 Å². The zero-order chi connectivity index (χ0) is 24.4. The first-order valence-corrected chi connectivity index (χ1v) is 11.9. The number of benzene rings is 1. The molecule has 9 heteroatoms. The van der Waals surface area contributed by atoms with Gasteiger partial charge in [-0.15, -0.1) is 0 Å². The van der Waals surface area contributed by atoms with Crippen LogP contribution in [-0.2, 0) is 14.6 Å². The Balaban J connectivity index is 2.65. The molecule has 0 saturated carbocycles. The Kier molecular flexibility index (Phi) is 7.74. The van der Waals surface area contributed by atoms with E-state index in [4.69, 9.17) is 17.3 Å². The minimum Gasteiger partial charge on any atom is -0.369 e. The van der Waals surface area contributed by atoms with Crippen molar-refractivity contribution in [2.24, 2.45) is 11.7 Å². The molecule has 2 aromatic rings. The van der Waals surface area contributed by atoms with Gasteiger partial charge in [0.1, 0.15) is 10.6 Å². The number of sulfone groups is 1. The van der Waals surface area contributed by atoms with Gasteiger partial charge in [0, 0.05) is 27.4 Å². The lowest BCUT2D eigenvalue weighted by atomic mass is 10.0. The Bertz CT molecular complexity index is 1260. The lowest BCUT2D eigenvalue weighted by molar-refractivity contribution is -0.121. The number of rotatable bonds is 8. The molecular weight excluding hydrogens is 450 g/mol. The van der Waals surface area contributed by atoms with Gasteiger partial charge in [0.25, 0.3) is 5.91 Å². The van der Waals surface area contributed by atoms with Crippen LogP contribution in [0.2, 0.25) is 5.02 Å². The Hall–Kier alpha value is -2.84. The second-order valence-corrected chi connectivity index (χ2v) is 10.2. The molecule has 2 amide bonds. The summed E-state index contributed by atoms with van der Waals surface area (Å²) in [5.41, 5.74) is 7.74. The van der Waals surface area contributed by atoms with Crippen LogP contribution < -0.4 is 11.1 Å². The van der Waals surface area contributed by atoms with Crippen LogP contribution in [0.1, 0.15) is 45.1 Å². The van der Waals surface area contributed by atoms with Gasteiger partial charge in [-0.25, -0.2) is 8.42 Å². The van der Waals surface area contributed by atoms with E-state index in [1.165, 1.54) is 6.07 Å². The average molecular weight is 478 g/mol. The number of fused-ring (bicyclic) bond motifs is 1. The molecule has 4 N–H and O–H groups in total. The number of amides is 2. The van der Waals surface area contributed by atoms with Crippen molar-refractivity contribution in [3.05, 3.63) is 63.7 Å². The third-order valence-corrected chi connectivity index (χ3v) is 7.15. The number of carbonyl (C=O) groups is 2. The fraction of sp³-hybridized carbons (Fsp3) is 0.304. The molecule has 1 aromatic carbocycles. The molecule has 172 valence electrons. The van der Waals surface area contributed by atoms with Gasteiger partial charge in [-0.05, 0) is 57.0 Å². The molecule has 1 aromatic heterocycles. The maximum absolute atomic E-state index is 13.4. The quantitative estimate of drug-likeness (QED) is 0.491. The van der Waals surface area contributed by atoms with E-state index in [-0.39, 0.29) is 10.6 Å². The van der Waals surface area contributed by atoms with Crippen molar-refractivity contribution < 1.29 is 18.0 Å². The molecule has 32 heavy (non-hydrogen) atoms. The second kappa shape index (κ2) is 9.75. The summed E-state index contributed by atoms with van der Waals surface area (Å²) >= 11 is 6.10. The van der Waals surface area contributed by atoms with E-state index in [0.29, 0.717) is 21.5 Å². The third kappa shape index (κ3) is 5.69. The average Bonchev–Trinajstić information content (AvgIpc) is 3.06. The number of hydrogen-bond acceptors (Lipinski definition) is 4. The van der Waals surface area contributed by atoms with E-state index in [0.717, 1.165) is 16.6 Å². The van der Waals surface area contributed by atoms with Gasteiger partial charge in [0.15, 0.2) is 0 Å². The van der Waals surface area contributed by atoms with E-state index in [2.05, 4.69) is 16.9 Å². The van der Waals surface area contributed by atoms with Crippen molar-refractivity contribution in [3.63, 3.8) is 0 Å². The molecule has 0 aliphatic rings. The fourth-order valence-corrected chi connectivity index (χ4v) is 4.80. The highest BCUT2D eigenvalue weighted by Gasteiger charge is 2.29. The molecule has 0 spiro atoms. The van der Waals surface area contributed by atoms with E-state index in [1.807, 2.05) is 13.8 Å². The number of nitrogens with one attached hydrogen (secondary N) is 2. The molecule has 0 fully saturated rings. The summed E-state index contributed by atoms with van der Waals surface area (Å²) in [6.45, 7) is 12.4. The topological polar surface area (TPSA) is 122 Å². The largest absolute Gasteiger partial charge is 0.369 e. The first-order valence-electron chi connectivity index (χ1n) is 9.93. The number of primary amides is 1. The molecule has 1 heterocycles. The predicted octanol–water partition coefficient (Wildman–Crippen LogP) is 4.26. The minimum atomic E-state index is -4.06. The number of H-pyrrole nitrogens is 1. The van der Waals surface area contributed by atoms with Gasteiger partial charge >= 0.3 is 0 Å². The molecular formula is C23H28ClN3O4S. The minimum absolute atomic E-state index is 0.143. The normalized spacial score (nSPS) is 14.8. The van der Waals surface area contributed by atoms with Crippen molar-refractivity contribution in [2.75, 3.05) is 0 Å². The zero-order valence-corrected chi connectivity index (χ0v) is 20.3. The van der Waals surface area contributed by atoms with Crippen LogP contribution in [0.3, 0.4) is 0 Å². The lowest BCUT2D eigenvalue weighted by Gasteiger charge is -2.18. The van der Waals surface area contributed by atoms with Crippen molar-refractivity contribution >= 4 is 44.2 Å². The Morgan fingerprint density at radius 2 is 1.84 bits per heavy atom. The van der Waals surface area contributed by atoms with E-state index >= 15 is 0 Å². The lowest BCUT2D eigenvalue weighted by Crippen LogP contribution is -2.42. The van der Waals surface area contributed by atoms with Gasteiger partial charge in [0.2, 0.25) is 15.7 Å². The molecule has 0 radical (unpaired) electrons. The highest BCUT2D eigenvalue weighted by atomic mass is 35.5. The van der Waals surface area contributed by atoms with Crippen molar-refractivity contribution in [1.82, 2.24) is 10.3 Å². The molecule has 2 rings (SSSR count). The summed E-state index contributed by atoms with van der Waals surface area (Å²) in [7, 11) is -4.06. The summed E-state index contributed by atoms with van der Waals surface area (Å²) in [5.74, 6) is -1.89. The van der Waals surface area contributed by atoms with Crippen LogP contribution in [0.5, 0.6) is 0 Å². The number of carbonyl (C=O) groups excluding carboxylic acids is 2. The SMILES string of the molecule is C=C(C)/C(C)=C\C(C)=C/S(=O)(=O)c1c(C(=O)NC(C)C(C)C(N)=O)[nH]c2ccc(Cl)cc12. The number of halogens is 1. The highest BCUT2D eigenvalue weighted by molar-refractivity contribution is 7.94. The zero-order valence-electron chi connectivity index (χ0n) is 18.7. The van der Waals surface area contributed by atoms with Crippen LogP contribution >= 0.6 is 11.6 Å². The van der Waals surface area contributed by atoms with Gasteiger partial charge in [0.05, 0.1) is 5.92 Å². The van der Waals surface area contributed by atoms with Crippen molar-refractivity contribution in [2.45, 2.75) is 45.6 Å². The molecule has 0 saturated heterocycles. The smallest absolute Gasteiger partial charge is 0.269 e. The molecule has 7 nitrogen and oxygen atoms in total. The van der Waals surface area contributed by atoms with Crippen LogP contribution in [0, 0.1) is 5.92 Å². The highest BCUT2D eigenvalue weighted by Crippen LogP contribution is 2.31. The Morgan fingerprint density at radius 3 is 2.41 bits per heavy atom. The Labute approximate surface area is 193 Å². The standard InChI is InChI=1S/C23H28ClN3O4S/c1-12(2)14(4)9-13(3)11-32(30,31)21-18-10-17(24)7-8-19(18)27-20(21)23(29)26-16(6)15(5)22(25)28/h7-11,15-16,27H,1H2,2-6H3,(H2,25,28)(H,26,29)/b13-11-,14-9-. The third-order valence-electron chi connectivity index (χ3n) is 5.24. The van der Waals surface area contributed by atoms with E-state index in [9.17, 15) is 18.0 Å². The Morgan fingerprint density at radius 1 is 1.22 bits per heavy atom. The number of aromatic nitrogens is 1. The fourth-order valence-electron chi connectivity index (χ4n) is 3.05. The van der Waals surface area contributed by atoms with Crippen molar-refractivity contribution in [3.8, 4) is 0 Å². The molecule has 2 unspecified atom stereocenters. The van der Waals surface area contributed by atoms with Crippen LogP contribution in [0.25, 0.3) is 10.9 Å².